The van der Waals surface area contributed by atoms with Crippen LogP contribution in [0.1, 0.15) is 73.4 Å². The van der Waals surface area contributed by atoms with Crippen LogP contribution in [-0.4, -0.2) is 66.3 Å². The van der Waals surface area contributed by atoms with Gasteiger partial charge in [0, 0.05) is 55.6 Å². The highest BCUT2D eigenvalue weighted by Gasteiger charge is 2.42. The molecule has 0 radical (unpaired) electrons. The fraction of sp³-hybridized carbons (Fsp3) is 0.444. The predicted octanol–water partition coefficient (Wildman–Crippen LogP) is 7.15. The monoisotopic (exact) mass is 585 g/mol. The van der Waals surface area contributed by atoms with E-state index in [0.717, 1.165) is 75.3 Å². The van der Waals surface area contributed by atoms with Crippen LogP contribution in [0.15, 0.2) is 84.9 Å². The first kappa shape index (κ1) is 30.3. The van der Waals surface area contributed by atoms with Crippen LogP contribution in [0.4, 0.5) is 0 Å². The molecule has 0 aliphatic carbocycles. The fourth-order valence-electron chi connectivity index (χ4n) is 7.30. The van der Waals surface area contributed by atoms with Crippen molar-refractivity contribution in [2.45, 2.75) is 62.8 Å². The summed E-state index contributed by atoms with van der Waals surface area (Å²) in [7, 11) is 1.98. The summed E-state index contributed by atoms with van der Waals surface area (Å²) in [5, 5.41) is 0.748. The molecule has 2 aliphatic heterocycles. The van der Waals surface area contributed by atoms with E-state index in [9.17, 15) is 9.59 Å². The normalized spacial score (nSPS) is 20.7. The van der Waals surface area contributed by atoms with Gasteiger partial charge in [0.2, 0.25) is 5.91 Å². The summed E-state index contributed by atoms with van der Waals surface area (Å²) in [4.78, 5) is 32.9. The second-order valence-corrected chi connectivity index (χ2v) is 12.6. The SMILES string of the molecule is CCC(=O)N(C)C1(c2ccccc2)CCN(CCCC2(c3cccc(Cl)c3)CCCN(C(=O)c3ccccc3)C2)CC1. The van der Waals surface area contributed by atoms with E-state index in [1.165, 1.54) is 11.1 Å². The molecule has 2 heterocycles. The smallest absolute Gasteiger partial charge is 0.253 e. The van der Waals surface area contributed by atoms with Gasteiger partial charge in [0.1, 0.15) is 0 Å². The summed E-state index contributed by atoms with van der Waals surface area (Å²) in [6.45, 7) is 6.36. The lowest BCUT2D eigenvalue weighted by atomic mass is 9.70. The Morgan fingerprint density at radius 2 is 1.52 bits per heavy atom. The molecule has 5 rings (SSSR count). The molecule has 2 saturated heterocycles. The first-order chi connectivity index (χ1) is 20.4. The van der Waals surface area contributed by atoms with Gasteiger partial charge in [-0.05, 0) is 80.5 Å². The molecule has 222 valence electrons. The number of hydrogen-bond acceptors (Lipinski definition) is 3. The summed E-state index contributed by atoms with van der Waals surface area (Å²) >= 11 is 6.50. The number of nitrogens with zero attached hydrogens (tertiary/aromatic N) is 3. The standard InChI is InChI=1S/C36H44ClN3O2/c1-3-33(41)38(2)36(30-15-8-5-9-16-30)21-25-39(26-22-36)23-11-19-35(31-17-10-18-32(37)27-31)20-12-24-40(28-35)34(42)29-13-6-4-7-14-29/h4-10,13-18,27H,3,11-12,19-26,28H2,1-2H3. The van der Waals surface area contributed by atoms with Crippen molar-refractivity contribution in [3.8, 4) is 0 Å². The van der Waals surface area contributed by atoms with Gasteiger partial charge in [-0.2, -0.15) is 0 Å². The number of rotatable bonds is 9. The Morgan fingerprint density at radius 3 is 2.19 bits per heavy atom. The number of piperidine rings is 2. The van der Waals surface area contributed by atoms with Gasteiger partial charge in [-0.3, -0.25) is 9.59 Å². The zero-order valence-corrected chi connectivity index (χ0v) is 25.9. The molecule has 2 amide bonds. The molecule has 0 aromatic heterocycles. The molecule has 1 unspecified atom stereocenters. The highest BCUT2D eigenvalue weighted by molar-refractivity contribution is 6.30. The lowest BCUT2D eigenvalue weighted by Gasteiger charge is -2.48. The molecular formula is C36H44ClN3O2. The molecule has 0 N–H and O–H groups in total. The maximum Gasteiger partial charge on any atom is 0.253 e. The second kappa shape index (κ2) is 13.4. The highest BCUT2D eigenvalue weighted by atomic mass is 35.5. The number of hydrogen-bond donors (Lipinski definition) is 0. The van der Waals surface area contributed by atoms with E-state index in [2.05, 4.69) is 46.2 Å². The molecule has 2 aliphatic rings. The maximum atomic E-state index is 13.5. The Hall–Kier alpha value is -3.15. The molecule has 42 heavy (non-hydrogen) atoms. The van der Waals surface area contributed by atoms with Crippen molar-refractivity contribution in [2.75, 3.05) is 39.8 Å². The highest BCUT2D eigenvalue weighted by Crippen LogP contribution is 2.41. The van der Waals surface area contributed by atoms with Crippen molar-refractivity contribution < 1.29 is 9.59 Å². The average Bonchev–Trinajstić information content (AvgIpc) is 3.05. The molecule has 1 atom stereocenters. The largest absolute Gasteiger partial charge is 0.338 e. The van der Waals surface area contributed by atoms with Crippen LogP contribution in [0.2, 0.25) is 5.02 Å². The Bertz CT molecular complexity index is 1340. The van der Waals surface area contributed by atoms with Crippen LogP contribution < -0.4 is 0 Å². The lowest BCUT2D eigenvalue weighted by molar-refractivity contribution is -0.138. The molecule has 0 saturated carbocycles. The third kappa shape index (κ3) is 6.43. The van der Waals surface area contributed by atoms with Gasteiger partial charge < -0.3 is 14.7 Å². The Labute approximate surface area is 256 Å². The zero-order chi connectivity index (χ0) is 29.6. The number of likely N-dealkylation sites (tertiary alicyclic amines) is 2. The topological polar surface area (TPSA) is 43.9 Å². The third-order valence-electron chi connectivity index (χ3n) is 9.76. The Morgan fingerprint density at radius 1 is 0.857 bits per heavy atom. The van der Waals surface area contributed by atoms with Crippen molar-refractivity contribution in [3.63, 3.8) is 0 Å². The van der Waals surface area contributed by atoms with Crippen LogP contribution in [0, 0.1) is 0 Å². The molecule has 3 aromatic carbocycles. The van der Waals surface area contributed by atoms with Crippen molar-refractivity contribution >= 4 is 23.4 Å². The molecule has 2 fully saturated rings. The number of benzene rings is 3. The van der Waals surface area contributed by atoms with Gasteiger partial charge in [-0.25, -0.2) is 0 Å². The number of carbonyl (C=O) groups excluding carboxylic acids is 2. The van der Waals surface area contributed by atoms with E-state index in [0.29, 0.717) is 13.0 Å². The summed E-state index contributed by atoms with van der Waals surface area (Å²) in [5.41, 5.74) is 2.85. The molecule has 0 bridgehead atoms. The number of halogens is 1. The summed E-state index contributed by atoms with van der Waals surface area (Å²) in [5.74, 6) is 0.309. The fourth-order valence-corrected chi connectivity index (χ4v) is 7.49. The first-order valence-corrected chi connectivity index (χ1v) is 15.9. The van der Waals surface area contributed by atoms with Gasteiger partial charge >= 0.3 is 0 Å². The van der Waals surface area contributed by atoms with Gasteiger partial charge in [-0.1, -0.05) is 79.2 Å². The zero-order valence-electron chi connectivity index (χ0n) is 25.1. The average molecular weight is 586 g/mol. The Balaban J connectivity index is 1.28. The van der Waals surface area contributed by atoms with E-state index in [1.807, 2.05) is 67.4 Å². The van der Waals surface area contributed by atoms with Crippen LogP contribution in [0.25, 0.3) is 0 Å². The maximum absolute atomic E-state index is 13.5. The van der Waals surface area contributed by atoms with Crippen LogP contribution in [0.3, 0.4) is 0 Å². The van der Waals surface area contributed by atoms with Crippen LogP contribution in [-0.2, 0) is 15.7 Å². The van der Waals surface area contributed by atoms with Gasteiger partial charge in [0.15, 0.2) is 0 Å². The third-order valence-corrected chi connectivity index (χ3v) is 10.00. The molecule has 6 heteroatoms. The quantitative estimate of drug-likeness (QED) is 0.268. The first-order valence-electron chi connectivity index (χ1n) is 15.5. The second-order valence-electron chi connectivity index (χ2n) is 12.1. The Kier molecular flexibility index (Phi) is 9.70. The molecule has 0 spiro atoms. The van der Waals surface area contributed by atoms with E-state index >= 15 is 0 Å². The number of amides is 2. The number of carbonyl (C=O) groups is 2. The molecule has 3 aromatic rings. The van der Waals surface area contributed by atoms with Crippen molar-refractivity contribution in [3.05, 3.63) is 107 Å². The van der Waals surface area contributed by atoms with Crippen LogP contribution in [0.5, 0.6) is 0 Å². The van der Waals surface area contributed by atoms with Crippen LogP contribution >= 0.6 is 11.6 Å². The minimum atomic E-state index is -0.255. The van der Waals surface area contributed by atoms with Crippen molar-refractivity contribution in [1.29, 1.82) is 0 Å². The van der Waals surface area contributed by atoms with Gasteiger partial charge in [0.05, 0.1) is 5.54 Å². The predicted molar refractivity (Wildman–Crippen MR) is 171 cm³/mol. The van der Waals surface area contributed by atoms with E-state index in [1.54, 1.807) is 0 Å². The minimum absolute atomic E-state index is 0.112. The molecular weight excluding hydrogens is 542 g/mol. The lowest BCUT2D eigenvalue weighted by Crippen LogP contribution is -2.54. The van der Waals surface area contributed by atoms with E-state index in [4.69, 9.17) is 11.6 Å². The van der Waals surface area contributed by atoms with E-state index in [-0.39, 0.29) is 22.8 Å². The van der Waals surface area contributed by atoms with E-state index < -0.39 is 0 Å². The summed E-state index contributed by atoms with van der Waals surface area (Å²) in [6, 6.07) is 28.5. The van der Waals surface area contributed by atoms with Crippen molar-refractivity contribution in [2.24, 2.45) is 0 Å². The molecule has 5 nitrogen and oxygen atoms in total. The van der Waals surface area contributed by atoms with Crippen molar-refractivity contribution in [1.82, 2.24) is 14.7 Å². The minimum Gasteiger partial charge on any atom is -0.338 e. The van der Waals surface area contributed by atoms with Gasteiger partial charge in [-0.15, -0.1) is 0 Å². The summed E-state index contributed by atoms with van der Waals surface area (Å²) in [6.07, 6.45) is 6.45. The summed E-state index contributed by atoms with van der Waals surface area (Å²) < 4.78 is 0. The van der Waals surface area contributed by atoms with Gasteiger partial charge in [0.25, 0.3) is 5.91 Å².